The quantitative estimate of drug-likeness (QED) is 0.651. The Morgan fingerprint density at radius 1 is 1.30 bits per heavy atom. The van der Waals surface area contributed by atoms with E-state index >= 15 is 0 Å². The average Bonchev–Trinajstić information content (AvgIpc) is 2.51. The maximum absolute atomic E-state index is 12.2. The number of rotatable bonds is 9. The Balaban J connectivity index is 2.40. The van der Waals surface area contributed by atoms with Crippen molar-refractivity contribution >= 4 is 21.9 Å². The summed E-state index contributed by atoms with van der Waals surface area (Å²) >= 11 is 0. The molecule has 8 heteroatoms. The third-order valence-corrected chi connectivity index (χ3v) is 6.11. The Labute approximate surface area is 138 Å². The van der Waals surface area contributed by atoms with Gasteiger partial charge in [-0.3, -0.25) is 9.59 Å². The van der Waals surface area contributed by atoms with Crippen molar-refractivity contribution in [1.82, 2.24) is 9.62 Å². The van der Waals surface area contributed by atoms with Crippen molar-refractivity contribution in [3.05, 3.63) is 0 Å². The normalized spacial score (nSPS) is 18.5. The number of unbranched alkanes of at least 4 members (excludes halogenated alkanes) is 1. The van der Waals surface area contributed by atoms with Gasteiger partial charge < -0.3 is 10.4 Å². The summed E-state index contributed by atoms with van der Waals surface area (Å²) in [6.07, 6.45) is 2.95. The minimum Gasteiger partial charge on any atom is -0.481 e. The van der Waals surface area contributed by atoms with Crippen LogP contribution in [0.2, 0.25) is 0 Å². The van der Waals surface area contributed by atoms with E-state index in [1.165, 1.54) is 4.31 Å². The Morgan fingerprint density at radius 2 is 1.91 bits per heavy atom. The van der Waals surface area contributed by atoms with Crippen LogP contribution in [0.4, 0.5) is 0 Å². The molecule has 0 aromatic carbocycles. The van der Waals surface area contributed by atoms with Crippen LogP contribution in [0.1, 0.15) is 52.4 Å². The van der Waals surface area contributed by atoms with Crippen molar-refractivity contribution in [1.29, 1.82) is 0 Å². The summed E-state index contributed by atoms with van der Waals surface area (Å²) in [6.45, 7) is 4.50. The number of hydrogen-bond donors (Lipinski definition) is 2. The first kappa shape index (κ1) is 19.9. The lowest BCUT2D eigenvalue weighted by atomic mass is 9.96. The molecule has 0 saturated carbocycles. The minimum atomic E-state index is -3.20. The first-order valence-corrected chi connectivity index (χ1v) is 9.87. The average molecular weight is 348 g/mol. The smallest absolute Gasteiger partial charge is 0.303 e. The van der Waals surface area contributed by atoms with Gasteiger partial charge in [0.15, 0.2) is 0 Å². The topological polar surface area (TPSA) is 104 Å². The molecule has 0 aromatic rings. The highest BCUT2D eigenvalue weighted by atomic mass is 32.2. The Hall–Kier alpha value is -1.15. The van der Waals surface area contributed by atoms with Gasteiger partial charge in [-0.25, -0.2) is 12.7 Å². The molecule has 2 N–H and O–H groups in total. The number of carbonyl (C=O) groups is 2. The van der Waals surface area contributed by atoms with Gasteiger partial charge in [0, 0.05) is 31.5 Å². The maximum Gasteiger partial charge on any atom is 0.303 e. The molecule has 1 fully saturated rings. The van der Waals surface area contributed by atoms with E-state index in [9.17, 15) is 18.0 Å². The molecule has 134 valence electrons. The molecular formula is C15H28N2O5S. The Bertz CT molecular complexity index is 498. The summed E-state index contributed by atoms with van der Waals surface area (Å²) in [6, 6.07) is -0.190. The molecule has 0 radical (unpaired) electrons. The molecule has 0 spiro atoms. The van der Waals surface area contributed by atoms with E-state index in [0.717, 1.165) is 6.42 Å². The summed E-state index contributed by atoms with van der Waals surface area (Å²) < 4.78 is 25.7. The predicted molar refractivity (Wildman–Crippen MR) is 87.5 cm³/mol. The Kier molecular flexibility index (Phi) is 7.98. The van der Waals surface area contributed by atoms with Crippen molar-refractivity contribution < 1.29 is 23.1 Å². The number of carboxylic acids is 1. The van der Waals surface area contributed by atoms with E-state index in [1.54, 1.807) is 6.92 Å². The second-order valence-corrected chi connectivity index (χ2v) is 8.27. The zero-order chi connectivity index (χ0) is 17.5. The van der Waals surface area contributed by atoms with Crippen LogP contribution in [-0.4, -0.2) is 54.6 Å². The molecule has 1 aliphatic heterocycles. The summed E-state index contributed by atoms with van der Waals surface area (Å²) in [7, 11) is -3.20. The highest BCUT2D eigenvalue weighted by molar-refractivity contribution is 7.89. The molecule has 1 aliphatic rings. The summed E-state index contributed by atoms with van der Waals surface area (Å²) in [5.41, 5.74) is 0. The van der Waals surface area contributed by atoms with Crippen LogP contribution < -0.4 is 5.32 Å². The van der Waals surface area contributed by atoms with Gasteiger partial charge in [-0.2, -0.15) is 0 Å². The molecule has 1 unspecified atom stereocenters. The first-order valence-electron chi connectivity index (χ1n) is 8.26. The number of carboxylic acid groups (broad SMARTS) is 1. The fourth-order valence-electron chi connectivity index (χ4n) is 2.62. The van der Waals surface area contributed by atoms with E-state index in [4.69, 9.17) is 5.11 Å². The number of piperidine rings is 1. The Morgan fingerprint density at radius 3 is 2.43 bits per heavy atom. The monoisotopic (exact) mass is 348 g/mol. The van der Waals surface area contributed by atoms with Crippen molar-refractivity contribution in [2.24, 2.45) is 5.92 Å². The highest BCUT2D eigenvalue weighted by Crippen LogP contribution is 2.21. The number of carbonyl (C=O) groups excluding carboxylic acids is 1. The molecule has 1 heterocycles. The lowest BCUT2D eigenvalue weighted by Crippen LogP contribution is -2.45. The fraction of sp³-hybridized carbons (Fsp3) is 0.867. The second-order valence-electron chi connectivity index (χ2n) is 6.18. The van der Waals surface area contributed by atoms with E-state index in [1.807, 2.05) is 6.92 Å². The SMILES string of the molecule is CCCCS(=O)(=O)N1CCC(C(=O)NC(C)CCC(=O)O)CC1. The molecule has 0 aromatic heterocycles. The van der Waals surface area contributed by atoms with Gasteiger partial charge in [0.1, 0.15) is 0 Å². The van der Waals surface area contributed by atoms with Crippen molar-refractivity contribution in [2.45, 2.75) is 58.4 Å². The van der Waals surface area contributed by atoms with Crippen molar-refractivity contribution in [3.63, 3.8) is 0 Å². The molecular weight excluding hydrogens is 320 g/mol. The number of aliphatic carboxylic acids is 1. The standard InChI is InChI=1S/C15H28N2O5S/c1-3-4-11-23(21,22)17-9-7-13(8-10-17)15(20)16-12(2)5-6-14(18)19/h12-13H,3-11H2,1-2H3,(H,16,20)(H,18,19). The molecule has 1 saturated heterocycles. The van der Waals surface area contributed by atoms with Gasteiger partial charge in [-0.1, -0.05) is 13.3 Å². The number of nitrogens with zero attached hydrogens (tertiary/aromatic N) is 1. The molecule has 0 aliphatic carbocycles. The fourth-order valence-corrected chi connectivity index (χ4v) is 4.30. The molecule has 7 nitrogen and oxygen atoms in total. The maximum atomic E-state index is 12.2. The van der Waals surface area contributed by atoms with Gasteiger partial charge >= 0.3 is 5.97 Å². The van der Waals surface area contributed by atoms with Crippen LogP contribution in [-0.2, 0) is 19.6 Å². The van der Waals surface area contributed by atoms with Crippen molar-refractivity contribution in [3.8, 4) is 0 Å². The molecule has 1 atom stereocenters. The van der Waals surface area contributed by atoms with Crippen LogP contribution in [0.3, 0.4) is 0 Å². The molecule has 1 rings (SSSR count). The van der Waals surface area contributed by atoms with Crippen LogP contribution in [0, 0.1) is 5.92 Å². The van der Waals surface area contributed by atoms with Gasteiger partial charge in [-0.05, 0) is 32.6 Å². The van der Waals surface area contributed by atoms with E-state index in [-0.39, 0.29) is 30.0 Å². The third kappa shape index (κ3) is 6.87. The minimum absolute atomic E-state index is 0.0234. The van der Waals surface area contributed by atoms with Crippen LogP contribution in [0.5, 0.6) is 0 Å². The van der Waals surface area contributed by atoms with Crippen LogP contribution >= 0.6 is 0 Å². The first-order chi connectivity index (χ1) is 10.8. The predicted octanol–water partition coefficient (Wildman–Crippen LogP) is 1.20. The lowest BCUT2D eigenvalue weighted by Gasteiger charge is -2.31. The summed E-state index contributed by atoms with van der Waals surface area (Å²) in [5, 5.41) is 11.5. The van der Waals surface area contributed by atoms with Crippen LogP contribution in [0.15, 0.2) is 0 Å². The van der Waals surface area contributed by atoms with Gasteiger partial charge in [-0.15, -0.1) is 0 Å². The lowest BCUT2D eigenvalue weighted by molar-refractivity contribution is -0.137. The second kappa shape index (κ2) is 9.22. The zero-order valence-electron chi connectivity index (χ0n) is 14.0. The number of amides is 1. The molecule has 1 amide bonds. The number of nitrogens with one attached hydrogen (secondary N) is 1. The van der Waals surface area contributed by atoms with Gasteiger partial charge in [0.25, 0.3) is 0 Å². The van der Waals surface area contributed by atoms with Gasteiger partial charge in [0.2, 0.25) is 15.9 Å². The van der Waals surface area contributed by atoms with Gasteiger partial charge in [0.05, 0.1) is 5.75 Å². The zero-order valence-corrected chi connectivity index (χ0v) is 14.8. The van der Waals surface area contributed by atoms with Crippen LogP contribution in [0.25, 0.3) is 0 Å². The third-order valence-electron chi connectivity index (χ3n) is 4.15. The molecule has 0 bridgehead atoms. The number of hydrogen-bond acceptors (Lipinski definition) is 4. The largest absolute Gasteiger partial charge is 0.481 e. The molecule has 23 heavy (non-hydrogen) atoms. The summed E-state index contributed by atoms with van der Waals surface area (Å²) in [4.78, 5) is 22.7. The van der Waals surface area contributed by atoms with E-state index in [0.29, 0.717) is 38.8 Å². The number of sulfonamides is 1. The highest BCUT2D eigenvalue weighted by Gasteiger charge is 2.31. The summed E-state index contributed by atoms with van der Waals surface area (Å²) in [5.74, 6) is -1.00. The van der Waals surface area contributed by atoms with E-state index in [2.05, 4.69) is 5.32 Å². The van der Waals surface area contributed by atoms with E-state index < -0.39 is 16.0 Å². The van der Waals surface area contributed by atoms with Crippen molar-refractivity contribution in [2.75, 3.05) is 18.8 Å².